The summed E-state index contributed by atoms with van der Waals surface area (Å²) in [6.07, 6.45) is -2.01. The first-order valence-corrected chi connectivity index (χ1v) is 5.01. The van der Waals surface area contributed by atoms with Crippen LogP contribution in [-0.4, -0.2) is 61.9 Å². The second-order valence-electron chi connectivity index (χ2n) is 3.42. The molecule has 6 heteroatoms. The predicted molar refractivity (Wildman–Crippen MR) is 54.7 cm³/mol. The fourth-order valence-corrected chi connectivity index (χ4v) is 1.40. The third-order valence-corrected chi connectivity index (χ3v) is 2.18. The van der Waals surface area contributed by atoms with E-state index in [1.54, 1.807) is 0 Å². The molecule has 1 heterocycles. The fourth-order valence-electron chi connectivity index (χ4n) is 1.40. The van der Waals surface area contributed by atoms with Gasteiger partial charge in [0.2, 0.25) is 0 Å². The van der Waals surface area contributed by atoms with E-state index in [4.69, 9.17) is 14.2 Å². The number of ether oxygens (including phenoxy) is 4. The molecule has 2 N–H and O–H groups in total. The average Bonchev–Trinajstić information content (AvgIpc) is 2.55. The molecule has 0 saturated carbocycles. The van der Waals surface area contributed by atoms with Gasteiger partial charge in [0.15, 0.2) is 6.29 Å². The highest BCUT2D eigenvalue weighted by molar-refractivity contribution is 4.87. The Kier molecular flexibility index (Phi) is 5.89. The van der Waals surface area contributed by atoms with Gasteiger partial charge in [0.1, 0.15) is 25.1 Å². The van der Waals surface area contributed by atoms with E-state index >= 15 is 0 Å². The molecule has 0 spiro atoms. The molecule has 4 atom stereocenters. The molecule has 0 radical (unpaired) electrons. The topological polar surface area (TPSA) is 77.4 Å². The number of hydrogen-bond donors (Lipinski definition) is 2. The highest BCUT2D eigenvalue weighted by Gasteiger charge is 2.43. The van der Waals surface area contributed by atoms with Gasteiger partial charge >= 0.3 is 0 Å². The molecule has 94 valence electrons. The van der Waals surface area contributed by atoms with E-state index in [0.717, 1.165) is 0 Å². The molecule has 1 rings (SSSR count). The Morgan fingerprint density at radius 3 is 2.75 bits per heavy atom. The number of rotatable bonds is 7. The molecule has 1 fully saturated rings. The maximum Gasteiger partial charge on any atom is 0.187 e. The molecule has 0 bridgehead atoms. The summed E-state index contributed by atoms with van der Waals surface area (Å²) in [5.41, 5.74) is 0. The van der Waals surface area contributed by atoms with E-state index in [2.05, 4.69) is 11.3 Å². The van der Waals surface area contributed by atoms with Crippen LogP contribution in [0, 0.1) is 0 Å². The molecule has 1 aliphatic heterocycles. The summed E-state index contributed by atoms with van der Waals surface area (Å²) in [5, 5.41) is 19.2. The van der Waals surface area contributed by atoms with Crippen molar-refractivity contribution in [2.75, 3.05) is 27.1 Å². The zero-order valence-electron chi connectivity index (χ0n) is 9.24. The summed E-state index contributed by atoms with van der Waals surface area (Å²) in [6.45, 7) is 3.98. The van der Waals surface area contributed by atoms with E-state index in [-0.39, 0.29) is 20.0 Å². The summed E-state index contributed by atoms with van der Waals surface area (Å²) in [7, 11) is 1.50. The van der Waals surface area contributed by atoms with Gasteiger partial charge in [0.05, 0.1) is 13.2 Å². The summed E-state index contributed by atoms with van der Waals surface area (Å²) in [6, 6.07) is 0. The van der Waals surface area contributed by atoms with Gasteiger partial charge in [-0.25, -0.2) is 0 Å². The summed E-state index contributed by atoms with van der Waals surface area (Å²) in [5.74, 6) is 0. The molecular weight excluding hydrogens is 216 g/mol. The molecule has 0 aromatic rings. The first kappa shape index (κ1) is 13.6. The van der Waals surface area contributed by atoms with Crippen LogP contribution in [0.1, 0.15) is 0 Å². The van der Waals surface area contributed by atoms with Gasteiger partial charge < -0.3 is 29.2 Å². The van der Waals surface area contributed by atoms with E-state index in [9.17, 15) is 10.2 Å². The van der Waals surface area contributed by atoms with E-state index in [1.165, 1.54) is 13.2 Å². The van der Waals surface area contributed by atoms with Crippen molar-refractivity contribution >= 4 is 0 Å². The summed E-state index contributed by atoms with van der Waals surface area (Å²) >= 11 is 0. The monoisotopic (exact) mass is 234 g/mol. The number of aliphatic hydroxyl groups is 2. The van der Waals surface area contributed by atoms with Gasteiger partial charge in [-0.3, -0.25) is 0 Å². The normalized spacial score (nSPS) is 34.2. The van der Waals surface area contributed by atoms with Crippen molar-refractivity contribution < 1.29 is 29.2 Å². The summed E-state index contributed by atoms with van der Waals surface area (Å²) in [4.78, 5) is 0. The third-order valence-electron chi connectivity index (χ3n) is 2.18. The Morgan fingerprint density at radius 1 is 1.38 bits per heavy atom. The Labute approximate surface area is 94.4 Å². The van der Waals surface area contributed by atoms with Crippen molar-refractivity contribution in [3.05, 3.63) is 12.7 Å². The van der Waals surface area contributed by atoms with Crippen molar-refractivity contribution in [1.82, 2.24) is 0 Å². The molecule has 0 aromatic heterocycles. The van der Waals surface area contributed by atoms with Gasteiger partial charge in [-0.15, -0.1) is 6.58 Å². The quantitative estimate of drug-likeness (QED) is 0.343. The van der Waals surface area contributed by atoms with Crippen molar-refractivity contribution in [1.29, 1.82) is 0 Å². The first-order chi connectivity index (χ1) is 7.70. The van der Waals surface area contributed by atoms with Crippen molar-refractivity contribution in [2.45, 2.75) is 24.6 Å². The van der Waals surface area contributed by atoms with E-state index in [1.807, 2.05) is 0 Å². The lowest BCUT2D eigenvalue weighted by molar-refractivity contribution is -0.170. The zero-order chi connectivity index (χ0) is 12.0. The largest absolute Gasteiger partial charge is 0.387 e. The van der Waals surface area contributed by atoms with Crippen molar-refractivity contribution in [3.63, 3.8) is 0 Å². The molecule has 0 aliphatic carbocycles. The number of methoxy groups -OCH3 is 1. The SMILES string of the molecule is C=CCO[C@H]1O[C@@H](COCOC)[C@@H](O)[C@H]1O. The zero-order valence-corrected chi connectivity index (χ0v) is 9.24. The molecule has 0 amide bonds. The van der Waals surface area contributed by atoms with Crippen LogP contribution in [0.15, 0.2) is 12.7 Å². The maximum absolute atomic E-state index is 9.62. The standard InChI is InChI=1S/C10H18O6/c1-3-4-15-10-9(12)8(11)7(16-10)5-14-6-13-2/h3,7-12H,1,4-6H2,2H3/t7-,8+,9+,10-/m0/s1. The van der Waals surface area contributed by atoms with Crippen LogP contribution in [-0.2, 0) is 18.9 Å². The highest BCUT2D eigenvalue weighted by Crippen LogP contribution is 2.22. The van der Waals surface area contributed by atoms with E-state index < -0.39 is 24.6 Å². The molecular formula is C10H18O6. The molecule has 16 heavy (non-hydrogen) atoms. The Morgan fingerprint density at radius 2 is 2.12 bits per heavy atom. The minimum Gasteiger partial charge on any atom is -0.387 e. The Hall–Kier alpha value is -0.500. The average molecular weight is 234 g/mol. The van der Waals surface area contributed by atoms with Crippen LogP contribution >= 0.6 is 0 Å². The van der Waals surface area contributed by atoms with Gasteiger partial charge in [0, 0.05) is 7.11 Å². The molecule has 6 nitrogen and oxygen atoms in total. The lowest BCUT2D eigenvalue weighted by atomic mass is 10.1. The predicted octanol–water partition coefficient (Wildman–Crippen LogP) is -0.744. The molecule has 0 aromatic carbocycles. The Bertz CT molecular complexity index is 209. The molecule has 0 unspecified atom stereocenters. The van der Waals surface area contributed by atoms with Gasteiger partial charge in [0.25, 0.3) is 0 Å². The van der Waals surface area contributed by atoms with Crippen LogP contribution in [0.2, 0.25) is 0 Å². The Balaban J connectivity index is 2.34. The lowest BCUT2D eigenvalue weighted by Crippen LogP contribution is -2.35. The highest BCUT2D eigenvalue weighted by atomic mass is 16.7. The van der Waals surface area contributed by atoms with Crippen LogP contribution < -0.4 is 0 Å². The number of hydrogen-bond acceptors (Lipinski definition) is 6. The van der Waals surface area contributed by atoms with Crippen LogP contribution in [0.25, 0.3) is 0 Å². The van der Waals surface area contributed by atoms with Crippen LogP contribution in [0.5, 0.6) is 0 Å². The minimum atomic E-state index is -1.07. The summed E-state index contributed by atoms with van der Waals surface area (Å²) < 4.78 is 20.2. The van der Waals surface area contributed by atoms with Gasteiger partial charge in [-0.05, 0) is 0 Å². The van der Waals surface area contributed by atoms with Crippen LogP contribution in [0.3, 0.4) is 0 Å². The van der Waals surface area contributed by atoms with Crippen LogP contribution in [0.4, 0.5) is 0 Å². The van der Waals surface area contributed by atoms with Gasteiger partial charge in [-0.1, -0.05) is 6.08 Å². The van der Waals surface area contributed by atoms with Crippen molar-refractivity contribution in [2.24, 2.45) is 0 Å². The smallest absolute Gasteiger partial charge is 0.187 e. The number of aliphatic hydroxyl groups excluding tert-OH is 2. The van der Waals surface area contributed by atoms with Crippen molar-refractivity contribution in [3.8, 4) is 0 Å². The first-order valence-electron chi connectivity index (χ1n) is 5.01. The fraction of sp³-hybridized carbons (Fsp3) is 0.800. The second kappa shape index (κ2) is 6.95. The lowest BCUT2D eigenvalue weighted by Gasteiger charge is -2.13. The minimum absolute atomic E-state index is 0.112. The third kappa shape index (κ3) is 3.51. The molecule has 1 aliphatic rings. The van der Waals surface area contributed by atoms with E-state index in [0.29, 0.717) is 0 Å². The molecule has 1 saturated heterocycles. The maximum atomic E-state index is 9.62. The second-order valence-corrected chi connectivity index (χ2v) is 3.42. The van der Waals surface area contributed by atoms with Gasteiger partial charge in [-0.2, -0.15) is 0 Å².